The van der Waals surface area contributed by atoms with Crippen LogP contribution in [0.3, 0.4) is 0 Å². The van der Waals surface area contributed by atoms with Crippen molar-refractivity contribution in [3.05, 3.63) is 63.5 Å². The highest BCUT2D eigenvalue weighted by Crippen LogP contribution is 2.35. The van der Waals surface area contributed by atoms with Gasteiger partial charge in [0.25, 0.3) is 5.56 Å². The van der Waals surface area contributed by atoms with Gasteiger partial charge in [-0.05, 0) is 25.1 Å². The summed E-state index contributed by atoms with van der Waals surface area (Å²) in [5.74, 6) is -0.497. The molecule has 140 valence electrons. The highest BCUT2D eigenvalue weighted by Gasteiger charge is 2.16. The second kappa shape index (κ2) is 6.99. The van der Waals surface area contributed by atoms with E-state index in [-0.39, 0.29) is 16.4 Å². The van der Waals surface area contributed by atoms with Crippen LogP contribution in [0, 0.1) is 11.7 Å². The van der Waals surface area contributed by atoms with E-state index in [1.54, 1.807) is 31.2 Å². The number of rotatable bonds is 4. The van der Waals surface area contributed by atoms with Gasteiger partial charge in [-0.3, -0.25) is 14.4 Å². The zero-order valence-electron chi connectivity index (χ0n) is 13.9. The van der Waals surface area contributed by atoms with E-state index >= 15 is 0 Å². The first-order valence-corrected chi connectivity index (χ1v) is 9.40. The maximum Gasteiger partial charge on any atom is 0.299 e. The number of para-hydroxylation sites is 1. The molecule has 0 saturated heterocycles. The molecule has 0 spiro atoms. The molecule has 11 heteroatoms. The van der Waals surface area contributed by atoms with E-state index < -0.39 is 26.2 Å². The van der Waals surface area contributed by atoms with Crippen molar-refractivity contribution >= 4 is 33.0 Å². The average Bonchev–Trinajstić information content (AvgIpc) is 2.89. The number of aromatic hydroxyl groups is 1. The SMILES string of the molecule is Cc1[nH]n(-c2ccccc2)c(=O)c1N=Nc1cc(Cl)c(S(=N)(=O)O)cc1O. The number of hydrogen-bond donors (Lipinski definition) is 4. The normalized spacial score (nSPS) is 13.7. The lowest BCUT2D eigenvalue weighted by molar-refractivity contribution is 0.473. The minimum Gasteiger partial charge on any atom is -0.506 e. The van der Waals surface area contributed by atoms with Gasteiger partial charge in [0.15, 0.2) is 15.7 Å². The number of aromatic amines is 1. The van der Waals surface area contributed by atoms with Gasteiger partial charge < -0.3 is 5.11 Å². The zero-order valence-corrected chi connectivity index (χ0v) is 15.5. The molecule has 0 bridgehead atoms. The summed E-state index contributed by atoms with van der Waals surface area (Å²) in [4.78, 5) is 12.1. The molecule has 3 rings (SSSR count). The molecule has 27 heavy (non-hydrogen) atoms. The molecule has 0 aliphatic carbocycles. The first-order valence-electron chi connectivity index (χ1n) is 7.51. The molecule has 1 heterocycles. The Balaban J connectivity index is 2.02. The van der Waals surface area contributed by atoms with E-state index in [1.165, 1.54) is 4.68 Å². The maximum absolute atomic E-state index is 12.5. The van der Waals surface area contributed by atoms with Crippen LogP contribution in [-0.2, 0) is 10.0 Å². The molecular formula is C16H14ClN5O4S. The summed E-state index contributed by atoms with van der Waals surface area (Å²) < 4.78 is 29.1. The molecule has 0 aliphatic rings. The maximum atomic E-state index is 12.5. The first-order chi connectivity index (χ1) is 12.7. The number of aromatic nitrogens is 2. The van der Waals surface area contributed by atoms with Crippen LogP contribution in [0.1, 0.15) is 5.69 Å². The van der Waals surface area contributed by atoms with Crippen LogP contribution in [0.15, 0.2) is 62.4 Å². The summed E-state index contributed by atoms with van der Waals surface area (Å²) in [6.07, 6.45) is 0. The summed E-state index contributed by atoms with van der Waals surface area (Å²) in [5, 5.41) is 20.3. The number of phenols is 1. The van der Waals surface area contributed by atoms with Crippen molar-refractivity contribution in [1.29, 1.82) is 4.78 Å². The number of aryl methyl sites for hydroxylation is 1. The summed E-state index contributed by atoms with van der Waals surface area (Å²) in [5.41, 5.74) is 0.563. The second-order valence-electron chi connectivity index (χ2n) is 5.56. The van der Waals surface area contributed by atoms with E-state index in [0.717, 1.165) is 12.1 Å². The van der Waals surface area contributed by atoms with E-state index in [4.69, 9.17) is 16.4 Å². The van der Waals surface area contributed by atoms with Crippen LogP contribution in [0.5, 0.6) is 5.75 Å². The van der Waals surface area contributed by atoms with Crippen molar-refractivity contribution in [2.45, 2.75) is 11.8 Å². The third kappa shape index (κ3) is 3.77. The van der Waals surface area contributed by atoms with Crippen molar-refractivity contribution < 1.29 is 13.9 Å². The number of phenolic OH excluding ortho intramolecular Hbond substituents is 1. The van der Waals surface area contributed by atoms with Crippen LogP contribution in [0.4, 0.5) is 11.4 Å². The van der Waals surface area contributed by atoms with Gasteiger partial charge >= 0.3 is 0 Å². The second-order valence-corrected chi connectivity index (χ2v) is 7.46. The number of nitrogens with one attached hydrogen (secondary N) is 2. The third-order valence-corrected chi connectivity index (χ3v) is 5.00. The van der Waals surface area contributed by atoms with E-state index in [2.05, 4.69) is 15.3 Å². The van der Waals surface area contributed by atoms with Crippen LogP contribution in [-0.4, -0.2) is 23.6 Å². The molecule has 0 radical (unpaired) electrons. The Morgan fingerprint density at radius 2 is 1.89 bits per heavy atom. The van der Waals surface area contributed by atoms with E-state index in [0.29, 0.717) is 11.4 Å². The van der Waals surface area contributed by atoms with Gasteiger partial charge in [0.05, 0.1) is 21.3 Å². The summed E-state index contributed by atoms with van der Waals surface area (Å²) in [6.45, 7) is 1.64. The molecule has 2 aromatic carbocycles. The van der Waals surface area contributed by atoms with E-state index in [1.807, 2.05) is 6.07 Å². The van der Waals surface area contributed by atoms with Crippen molar-refractivity contribution in [2.75, 3.05) is 0 Å². The van der Waals surface area contributed by atoms with Crippen LogP contribution >= 0.6 is 11.6 Å². The molecule has 0 fully saturated rings. The number of halogens is 1. The lowest BCUT2D eigenvalue weighted by Crippen LogP contribution is -2.13. The van der Waals surface area contributed by atoms with Crippen molar-refractivity contribution in [3.63, 3.8) is 0 Å². The molecule has 0 saturated carbocycles. The molecule has 0 aliphatic heterocycles. The molecule has 1 unspecified atom stereocenters. The Labute approximate surface area is 158 Å². The Kier molecular flexibility index (Phi) is 4.87. The fourth-order valence-electron chi connectivity index (χ4n) is 2.34. The fourth-order valence-corrected chi connectivity index (χ4v) is 3.41. The number of H-pyrrole nitrogens is 1. The molecule has 0 amide bonds. The summed E-state index contributed by atoms with van der Waals surface area (Å²) >= 11 is 5.87. The van der Waals surface area contributed by atoms with Gasteiger partial charge in [-0.1, -0.05) is 29.8 Å². The largest absolute Gasteiger partial charge is 0.506 e. The highest BCUT2D eigenvalue weighted by atomic mass is 35.5. The quantitative estimate of drug-likeness (QED) is 0.482. The third-order valence-electron chi connectivity index (χ3n) is 3.64. The van der Waals surface area contributed by atoms with Crippen LogP contribution in [0.25, 0.3) is 5.69 Å². The first kappa shape index (κ1) is 18.8. The van der Waals surface area contributed by atoms with Crippen LogP contribution < -0.4 is 5.56 Å². The molecule has 1 aromatic heterocycles. The lowest BCUT2D eigenvalue weighted by Gasteiger charge is -2.05. The van der Waals surface area contributed by atoms with Gasteiger partial charge in [-0.2, -0.15) is 0 Å². The molecule has 4 N–H and O–H groups in total. The minimum atomic E-state index is -4.10. The number of hydrogen-bond acceptors (Lipinski definition) is 6. The standard InChI is InChI=1S/C16H14ClN5O4S/c1-9-15(16(24)22(21-9)10-5-3-2-4-6-10)20-19-12-7-11(17)14(8-13(12)23)27(18,25)26/h2-8,21,23H,1H3,(H2,18,25,26). The van der Waals surface area contributed by atoms with Gasteiger partial charge in [-0.25, -0.2) is 13.7 Å². The fraction of sp³-hybridized carbons (Fsp3) is 0.0625. The Morgan fingerprint density at radius 3 is 2.52 bits per heavy atom. The number of nitrogens with zero attached hydrogens (tertiary/aromatic N) is 3. The molecular weight excluding hydrogens is 394 g/mol. The van der Waals surface area contributed by atoms with Gasteiger partial charge in [0, 0.05) is 6.07 Å². The summed E-state index contributed by atoms with van der Waals surface area (Å²) in [7, 11) is -4.10. The molecule has 1 atom stereocenters. The van der Waals surface area contributed by atoms with E-state index in [9.17, 15) is 18.7 Å². The van der Waals surface area contributed by atoms with Crippen LogP contribution in [0.2, 0.25) is 5.02 Å². The van der Waals surface area contributed by atoms with Crippen molar-refractivity contribution in [2.24, 2.45) is 10.2 Å². The lowest BCUT2D eigenvalue weighted by atomic mass is 10.3. The van der Waals surface area contributed by atoms with Crippen molar-refractivity contribution in [1.82, 2.24) is 9.78 Å². The minimum absolute atomic E-state index is 0.0323. The van der Waals surface area contributed by atoms with Crippen molar-refractivity contribution in [3.8, 4) is 11.4 Å². The monoisotopic (exact) mass is 407 g/mol. The van der Waals surface area contributed by atoms with Gasteiger partial charge in [0.1, 0.15) is 11.4 Å². The Morgan fingerprint density at radius 1 is 1.22 bits per heavy atom. The predicted octanol–water partition coefficient (Wildman–Crippen LogP) is 4.13. The molecule has 3 aromatic rings. The number of azo groups is 1. The summed E-state index contributed by atoms with van der Waals surface area (Å²) in [6, 6.07) is 10.9. The van der Waals surface area contributed by atoms with Gasteiger partial charge in [-0.15, -0.1) is 10.2 Å². The number of benzene rings is 2. The average molecular weight is 408 g/mol. The highest BCUT2D eigenvalue weighted by molar-refractivity contribution is 7.87. The zero-order chi connectivity index (χ0) is 19.8. The topological polar surface area (TPSA) is 144 Å². The Hall–Kier alpha value is -2.95. The Bertz CT molecular complexity index is 1200. The predicted molar refractivity (Wildman–Crippen MR) is 100 cm³/mol. The smallest absolute Gasteiger partial charge is 0.299 e. The molecule has 9 nitrogen and oxygen atoms in total. The van der Waals surface area contributed by atoms with Gasteiger partial charge in [0.2, 0.25) is 0 Å².